The Morgan fingerprint density at radius 1 is 0.556 bits per heavy atom. The molecule has 1 aliphatic heterocycles. The lowest BCUT2D eigenvalue weighted by Gasteiger charge is -2.52. The second-order valence-corrected chi connectivity index (χ2v) is 5.61. The van der Waals surface area contributed by atoms with Crippen LogP contribution in [-0.2, 0) is 0 Å². The van der Waals surface area contributed by atoms with Gasteiger partial charge in [-0.1, -0.05) is 41.2 Å². The van der Waals surface area contributed by atoms with Crippen molar-refractivity contribution in [3.05, 3.63) is 0 Å². The molecular weight excluding hydrogens is 219 g/mol. The number of rotatable bonds is 6. The molecule has 0 N–H and O–H groups in total. The summed E-state index contributed by atoms with van der Waals surface area (Å²) in [5, 5.41) is 0. The zero-order valence-electron chi connectivity index (χ0n) is 13.3. The van der Waals surface area contributed by atoms with Crippen molar-refractivity contribution in [3.8, 4) is 0 Å². The van der Waals surface area contributed by atoms with Gasteiger partial charge in [-0.2, -0.15) is 0 Å². The van der Waals surface area contributed by atoms with Gasteiger partial charge in [-0.25, -0.2) is 0 Å². The predicted octanol–water partition coefficient (Wildman–Crippen LogP) is 2.49. The van der Waals surface area contributed by atoms with Crippen LogP contribution in [0.2, 0.25) is 20.5 Å². The molecule has 1 rings (SSSR count). The van der Waals surface area contributed by atoms with Gasteiger partial charge in [-0.15, -0.1) is 0 Å². The molecule has 0 aromatic carbocycles. The van der Waals surface area contributed by atoms with E-state index in [1.54, 1.807) is 0 Å². The lowest BCUT2D eigenvalue weighted by molar-refractivity contribution is 0.431. The molecule has 0 aromatic rings. The molecule has 1 fully saturated rings. The molecule has 0 radical (unpaired) electrons. The van der Waals surface area contributed by atoms with Crippen molar-refractivity contribution in [3.63, 3.8) is 0 Å². The highest BCUT2D eigenvalue weighted by molar-refractivity contribution is 6.84. The van der Waals surface area contributed by atoms with Crippen LogP contribution in [0.15, 0.2) is 0 Å². The fourth-order valence-corrected chi connectivity index (χ4v) is 3.40. The summed E-state index contributed by atoms with van der Waals surface area (Å²) in [7, 11) is 0. The fraction of sp³-hybridized carbons (Fsp3) is 1.00. The monoisotopic (exact) mass is 249 g/mol. The Morgan fingerprint density at radius 2 is 0.778 bits per heavy atom. The topological polar surface area (TPSA) is 9.72 Å². The van der Waals surface area contributed by atoms with Crippen molar-refractivity contribution in [2.45, 2.75) is 60.5 Å². The average molecular weight is 249 g/mol. The molecule has 1 saturated heterocycles. The van der Waals surface area contributed by atoms with E-state index in [0.29, 0.717) is 20.9 Å². The van der Waals surface area contributed by atoms with Gasteiger partial charge in [-0.05, 0) is 38.9 Å². The third-order valence-electron chi connectivity index (χ3n) is 4.33. The van der Waals surface area contributed by atoms with E-state index in [2.05, 4.69) is 55.4 Å². The van der Waals surface area contributed by atoms with Crippen LogP contribution in [-0.4, -0.2) is 54.7 Å². The molecule has 0 spiro atoms. The molecule has 0 amide bonds. The van der Waals surface area contributed by atoms with Gasteiger partial charge in [0.2, 0.25) is 0 Å². The molecule has 1 aliphatic rings. The first-order chi connectivity index (χ1) is 8.58. The number of nitrogens with zero attached hydrogens (tertiary/aromatic N) is 3. The van der Waals surface area contributed by atoms with Crippen LogP contribution in [0, 0.1) is 0 Å². The molecule has 0 unspecified atom stereocenters. The van der Waals surface area contributed by atoms with Gasteiger partial charge in [0, 0.05) is 0 Å². The van der Waals surface area contributed by atoms with Crippen LogP contribution in [0.4, 0.5) is 0 Å². The van der Waals surface area contributed by atoms with E-state index in [-0.39, 0.29) is 0 Å². The maximum atomic E-state index is 2.66. The van der Waals surface area contributed by atoms with E-state index in [0.717, 1.165) is 0 Å². The van der Waals surface area contributed by atoms with Crippen LogP contribution in [0.25, 0.3) is 0 Å². The van der Waals surface area contributed by atoms with Gasteiger partial charge in [0.15, 0.2) is 0 Å². The Morgan fingerprint density at radius 3 is 0.944 bits per heavy atom. The van der Waals surface area contributed by atoms with Gasteiger partial charge in [0.05, 0.1) is 0 Å². The summed E-state index contributed by atoms with van der Waals surface area (Å²) in [5.74, 6) is 0. The van der Waals surface area contributed by atoms with Crippen LogP contribution in [0.5, 0.6) is 0 Å². The normalized spacial score (nSPS) is 20.0. The average Bonchev–Trinajstić information content (AvgIpc) is 2.35. The van der Waals surface area contributed by atoms with Gasteiger partial charge >= 0.3 is 0 Å². The number of hydrogen-bond acceptors (Lipinski definition) is 3. The molecule has 0 bridgehead atoms. The molecule has 18 heavy (non-hydrogen) atoms. The quantitative estimate of drug-likeness (QED) is 0.669. The SMILES string of the molecule is CCCN1B(C)N(CCC)B(C)N(CCC)B1C. The maximum Gasteiger partial charge on any atom is 0.286 e. The molecular formula is C12H30B3N3. The Balaban J connectivity index is 2.86. The third kappa shape index (κ3) is 3.34. The third-order valence-corrected chi connectivity index (χ3v) is 4.33. The molecule has 0 atom stereocenters. The minimum Gasteiger partial charge on any atom is -0.357 e. The van der Waals surface area contributed by atoms with Gasteiger partial charge in [-0.3, -0.25) is 0 Å². The highest BCUT2D eigenvalue weighted by atomic mass is 15.3. The van der Waals surface area contributed by atoms with E-state index < -0.39 is 0 Å². The molecule has 0 aliphatic carbocycles. The first-order valence-corrected chi connectivity index (χ1v) is 7.85. The summed E-state index contributed by atoms with van der Waals surface area (Å²) in [6, 6.07) is 0. The van der Waals surface area contributed by atoms with E-state index in [1.165, 1.54) is 38.9 Å². The molecule has 1 heterocycles. The molecule has 6 heteroatoms. The zero-order chi connectivity index (χ0) is 13.7. The van der Waals surface area contributed by atoms with Gasteiger partial charge < -0.3 is 14.2 Å². The van der Waals surface area contributed by atoms with Crippen molar-refractivity contribution < 1.29 is 0 Å². The minimum absolute atomic E-state index is 0.572. The Labute approximate surface area is 116 Å². The Kier molecular flexibility index (Phi) is 6.82. The van der Waals surface area contributed by atoms with Gasteiger partial charge in [0.25, 0.3) is 20.9 Å². The minimum atomic E-state index is 0.572. The molecule has 0 saturated carbocycles. The fourth-order valence-electron chi connectivity index (χ4n) is 3.40. The summed E-state index contributed by atoms with van der Waals surface area (Å²) in [4.78, 5) is 0. The van der Waals surface area contributed by atoms with E-state index in [4.69, 9.17) is 0 Å². The second-order valence-electron chi connectivity index (χ2n) is 5.61. The number of hydrogen-bond donors (Lipinski definition) is 0. The Hall–Kier alpha value is 0.0748. The first kappa shape index (κ1) is 16.1. The van der Waals surface area contributed by atoms with Crippen LogP contribution >= 0.6 is 0 Å². The van der Waals surface area contributed by atoms with E-state index in [9.17, 15) is 0 Å². The van der Waals surface area contributed by atoms with Crippen molar-refractivity contribution in [2.75, 3.05) is 19.6 Å². The standard InChI is InChI=1S/C12H30B3N3/c1-7-10-16-13(4)17(11-8-2)15(6)18(12-9-3)14(16)5/h7-12H2,1-6H3. The van der Waals surface area contributed by atoms with Crippen molar-refractivity contribution in [2.24, 2.45) is 0 Å². The smallest absolute Gasteiger partial charge is 0.286 e. The summed E-state index contributed by atoms with van der Waals surface area (Å²) in [5.41, 5.74) is 0. The summed E-state index contributed by atoms with van der Waals surface area (Å²) in [6.07, 6.45) is 3.72. The molecule has 102 valence electrons. The van der Waals surface area contributed by atoms with Gasteiger partial charge in [0.1, 0.15) is 0 Å². The lowest BCUT2D eigenvalue weighted by Crippen LogP contribution is -2.75. The van der Waals surface area contributed by atoms with Crippen LogP contribution in [0.3, 0.4) is 0 Å². The van der Waals surface area contributed by atoms with Crippen molar-refractivity contribution in [1.82, 2.24) is 14.2 Å². The molecule has 0 aromatic heterocycles. The summed E-state index contributed by atoms with van der Waals surface area (Å²) < 4.78 is 7.97. The van der Waals surface area contributed by atoms with Crippen LogP contribution in [0.1, 0.15) is 40.0 Å². The van der Waals surface area contributed by atoms with Crippen molar-refractivity contribution in [1.29, 1.82) is 0 Å². The highest BCUT2D eigenvalue weighted by Crippen LogP contribution is 2.20. The van der Waals surface area contributed by atoms with E-state index >= 15 is 0 Å². The zero-order valence-corrected chi connectivity index (χ0v) is 13.3. The molecule has 3 nitrogen and oxygen atoms in total. The van der Waals surface area contributed by atoms with Crippen LogP contribution < -0.4 is 0 Å². The summed E-state index contributed by atoms with van der Waals surface area (Å²) in [6.45, 7) is 19.3. The maximum absolute atomic E-state index is 2.66. The predicted molar refractivity (Wildman–Crippen MR) is 85.8 cm³/mol. The highest BCUT2D eigenvalue weighted by Gasteiger charge is 2.45. The Bertz CT molecular complexity index is 193. The van der Waals surface area contributed by atoms with E-state index in [1.807, 2.05) is 0 Å². The first-order valence-electron chi connectivity index (χ1n) is 7.85. The largest absolute Gasteiger partial charge is 0.357 e. The van der Waals surface area contributed by atoms with Crippen molar-refractivity contribution >= 4 is 20.9 Å². The lowest BCUT2D eigenvalue weighted by atomic mass is 9.45. The second kappa shape index (κ2) is 7.61. The summed E-state index contributed by atoms with van der Waals surface area (Å²) >= 11 is 0.